The Morgan fingerprint density at radius 3 is 2.20 bits per heavy atom. The largest absolute Gasteiger partial charge is 0.508 e. The van der Waals surface area contributed by atoms with Gasteiger partial charge in [-0.05, 0) is 12.1 Å². The van der Waals surface area contributed by atoms with Gasteiger partial charge in [0.05, 0.1) is 0 Å². The summed E-state index contributed by atoms with van der Waals surface area (Å²) in [5.74, 6) is 0.213. The zero-order valence-corrected chi connectivity index (χ0v) is 8.32. The Morgan fingerprint density at radius 2 is 1.90 bits per heavy atom. The maximum atomic E-state index is 8.73. The van der Waals surface area contributed by atoms with Crippen molar-refractivity contribution in [3.63, 3.8) is 0 Å². The van der Waals surface area contributed by atoms with E-state index in [1.54, 1.807) is 18.2 Å². The van der Waals surface area contributed by atoms with Crippen LogP contribution in [-0.2, 0) is 17.1 Å². The number of hydrogen-bond acceptors (Lipinski definition) is 2. The SMILES string of the molecule is I.Nc1cccc(O)c1.[Cu]. The number of aromatic hydroxyl groups is 1. The van der Waals surface area contributed by atoms with Crippen LogP contribution in [0.15, 0.2) is 24.3 Å². The second-order valence-corrected chi connectivity index (χ2v) is 1.59. The number of rotatable bonds is 0. The monoisotopic (exact) mass is 300 g/mol. The molecule has 0 bridgehead atoms. The van der Waals surface area contributed by atoms with Gasteiger partial charge in [-0.3, -0.25) is 0 Å². The topological polar surface area (TPSA) is 46.2 Å². The molecule has 1 radical (unpaired) electrons. The molecule has 0 saturated carbocycles. The average Bonchev–Trinajstić information content (AvgIpc) is 1.64. The maximum Gasteiger partial charge on any atom is 0.117 e. The van der Waals surface area contributed by atoms with Crippen LogP contribution < -0.4 is 5.73 Å². The van der Waals surface area contributed by atoms with Crippen molar-refractivity contribution in [1.82, 2.24) is 0 Å². The third-order valence-corrected chi connectivity index (χ3v) is 0.870. The number of benzene rings is 1. The van der Waals surface area contributed by atoms with Crippen LogP contribution in [0.25, 0.3) is 0 Å². The first-order valence-electron chi connectivity index (χ1n) is 2.33. The summed E-state index contributed by atoms with van der Waals surface area (Å²) in [5.41, 5.74) is 5.89. The van der Waals surface area contributed by atoms with E-state index in [0.29, 0.717) is 5.69 Å². The molecule has 0 aliphatic heterocycles. The summed E-state index contributed by atoms with van der Waals surface area (Å²) in [6.07, 6.45) is 0. The van der Waals surface area contributed by atoms with E-state index in [2.05, 4.69) is 0 Å². The molecule has 3 N–H and O–H groups in total. The fourth-order valence-electron chi connectivity index (χ4n) is 0.525. The van der Waals surface area contributed by atoms with E-state index >= 15 is 0 Å². The first-order chi connectivity index (χ1) is 3.79. The molecule has 0 spiro atoms. The molecule has 4 heteroatoms. The standard InChI is InChI=1S/C6H7NO.Cu.HI/c7-5-2-1-3-6(8)4-5;;/h1-4,8H,7H2;;1H. The van der Waals surface area contributed by atoms with Crippen molar-refractivity contribution in [2.75, 3.05) is 5.73 Å². The number of nitrogen functional groups attached to an aromatic ring is 1. The normalized spacial score (nSPS) is 7.20. The Hall–Kier alpha value is 0.0695. The molecule has 0 saturated heterocycles. The Morgan fingerprint density at radius 1 is 1.30 bits per heavy atom. The van der Waals surface area contributed by atoms with Crippen molar-refractivity contribution >= 4 is 29.7 Å². The molecule has 0 aliphatic carbocycles. The molecule has 0 unspecified atom stereocenters. The molecular formula is C6H8CuINO. The van der Waals surface area contributed by atoms with Crippen LogP contribution >= 0.6 is 24.0 Å². The minimum Gasteiger partial charge on any atom is -0.508 e. The first-order valence-corrected chi connectivity index (χ1v) is 2.33. The molecule has 0 atom stereocenters. The summed E-state index contributed by atoms with van der Waals surface area (Å²) in [6.45, 7) is 0. The first kappa shape index (κ1) is 12.7. The molecule has 0 amide bonds. The average molecular weight is 301 g/mol. The molecule has 0 aliphatic rings. The zero-order valence-electron chi connectivity index (χ0n) is 5.04. The molecule has 10 heavy (non-hydrogen) atoms. The van der Waals surface area contributed by atoms with Gasteiger partial charge in [-0.25, -0.2) is 0 Å². The Bertz CT molecular complexity index is 178. The number of nitrogens with two attached hydrogens (primary N) is 1. The minimum absolute atomic E-state index is 0. The summed E-state index contributed by atoms with van der Waals surface area (Å²) in [4.78, 5) is 0. The van der Waals surface area contributed by atoms with E-state index in [1.165, 1.54) is 6.07 Å². The van der Waals surface area contributed by atoms with Crippen molar-refractivity contribution in [3.05, 3.63) is 24.3 Å². The zero-order chi connectivity index (χ0) is 5.98. The van der Waals surface area contributed by atoms with Gasteiger partial charge in [0.15, 0.2) is 0 Å². The van der Waals surface area contributed by atoms with Crippen LogP contribution in [0.2, 0.25) is 0 Å². The summed E-state index contributed by atoms with van der Waals surface area (Å²) in [5, 5.41) is 8.73. The predicted molar refractivity (Wildman–Crippen MR) is 47.9 cm³/mol. The minimum atomic E-state index is 0. The van der Waals surface area contributed by atoms with Gasteiger partial charge in [0, 0.05) is 28.8 Å². The maximum absolute atomic E-state index is 8.73. The third-order valence-electron chi connectivity index (χ3n) is 0.870. The Balaban J connectivity index is 0. The molecule has 0 heterocycles. The summed E-state index contributed by atoms with van der Waals surface area (Å²) in [6, 6.07) is 6.50. The van der Waals surface area contributed by atoms with Crippen molar-refractivity contribution < 1.29 is 22.2 Å². The van der Waals surface area contributed by atoms with Gasteiger partial charge in [-0.15, -0.1) is 24.0 Å². The van der Waals surface area contributed by atoms with Gasteiger partial charge in [0.25, 0.3) is 0 Å². The summed E-state index contributed by atoms with van der Waals surface area (Å²) < 4.78 is 0. The van der Waals surface area contributed by atoms with E-state index < -0.39 is 0 Å². The van der Waals surface area contributed by atoms with Crippen molar-refractivity contribution in [2.45, 2.75) is 0 Å². The second-order valence-electron chi connectivity index (χ2n) is 1.59. The van der Waals surface area contributed by atoms with Gasteiger partial charge in [-0.1, -0.05) is 6.07 Å². The molecule has 1 aromatic rings. The Kier molecular flexibility index (Phi) is 7.41. The molecule has 2 nitrogen and oxygen atoms in total. The van der Waals surface area contributed by atoms with E-state index in [1.807, 2.05) is 0 Å². The fraction of sp³-hybridized carbons (Fsp3) is 0. The van der Waals surface area contributed by atoms with Gasteiger partial charge in [0.2, 0.25) is 0 Å². The van der Waals surface area contributed by atoms with Crippen molar-refractivity contribution in [2.24, 2.45) is 0 Å². The summed E-state index contributed by atoms with van der Waals surface area (Å²) in [7, 11) is 0. The smallest absolute Gasteiger partial charge is 0.117 e. The molecule has 1 aromatic carbocycles. The fourth-order valence-corrected chi connectivity index (χ4v) is 0.525. The molecule has 0 aromatic heterocycles. The summed E-state index contributed by atoms with van der Waals surface area (Å²) >= 11 is 0. The van der Waals surface area contributed by atoms with E-state index in [9.17, 15) is 0 Å². The number of phenols is 1. The van der Waals surface area contributed by atoms with Gasteiger partial charge in [-0.2, -0.15) is 0 Å². The van der Waals surface area contributed by atoms with Gasteiger partial charge in [0.1, 0.15) is 5.75 Å². The van der Waals surface area contributed by atoms with E-state index in [0.717, 1.165) is 0 Å². The number of halogens is 1. The number of phenolic OH excluding ortho intramolecular Hbond substituents is 1. The van der Waals surface area contributed by atoms with E-state index in [-0.39, 0.29) is 46.8 Å². The third kappa shape index (κ3) is 3.98. The quantitative estimate of drug-likeness (QED) is 0.434. The molecule has 0 fully saturated rings. The van der Waals surface area contributed by atoms with Crippen molar-refractivity contribution in [3.8, 4) is 5.75 Å². The second kappa shape index (κ2) is 5.82. The predicted octanol–water partition coefficient (Wildman–Crippen LogP) is 1.59. The molecule has 1 rings (SSSR count). The van der Waals surface area contributed by atoms with Crippen LogP contribution in [0.1, 0.15) is 0 Å². The van der Waals surface area contributed by atoms with Crippen molar-refractivity contribution in [1.29, 1.82) is 0 Å². The Labute approximate surface area is 87.3 Å². The molecule has 61 valence electrons. The van der Waals surface area contributed by atoms with Crippen LogP contribution in [0.5, 0.6) is 5.75 Å². The number of hydrogen-bond donors (Lipinski definition) is 2. The molecular weight excluding hydrogens is 293 g/mol. The number of anilines is 1. The van der Waals surface area contributed by atoms with Gasteiger partial charge < -0.3 is 10.8 Å². The van der Waals surface area contributed by atoms with Crippen LogP contribution in [-0.4, -0.2) is 5.11 Å². The van der Waals surface area contributed by atoms with E-state index in [4.69, 9.17) is 10.8 Å². The van der Waals surface area contributed by atoms with Crippen LogP contribution in [0.3, 0.4) is 0 Å². The van der Waals surface area contributed by atoms with Gasteiger partial charge >= 0.3 is 0 Å². The van der Waals surface area contributed by atoms with Crippen LogP contribution in [0, 0.1) is 0 Å². The van der Waals surface area contributed by atoms with Crippen LogP contribution in [0.4, 0.5) is 5.69 Å².